The van der Waals surface area contributed by atoms with E-state index in [4.69, 9.17) is 11.6 Å². The molecule has 0 unspecified atom stereocenters. The first kappa shape index (κ1) is 14.5. The Morgan fingerprint density at radius 3 is 2.78 bits per heavy atom. The van der Waals surface area contributed by atoms with Crippen LogP contribution in [0.2, 0.25) is 5.02 Å². The Bertz CT molecular complexity index is 868. The second kappa shape index (κ2) is 5.51. The normalized spacial score (nSPS) is 17.0. The second-order valence-corrected chi connectivity index (χ2v) is 6.97. The van der Waals surface area contributed by atoms with Crippen molar-refractivity contribution in [2.45, 2.75) is 19.3 Å². The van der Waals surface area contributed by atoms with Crippen LogP contribution in [0.25, 0.3) is 5.69 Å². The number of anilines is 1. The number of nitrogens with one attached hydrogen (secondary N) is 1. The van der Waals surface area contributed by atoms with Gasteiger partial charge in [-0.1, -0.05) is 17.7 Å². The number of carbonyl (C=O) groups is 1. The number of aryl methyl sites for hydroxylation is 1. The van der Waals surface area contributed by atoms with E-state index in [2.05, 4.69) is 16.5 Å². The van der Waals surface area contributed by atoms with Crippen molar-refractivity contribution in [3.63, 3.8) is 0 Å². The number of fused-ring (bicyclic) bond motifs is 1. The highest BCUT2D eigenvalue weighted by molar-refractivity contribution is 7.10. The Kier molecular flexibility index (Phi) is 3.47. The highest BCUT2D eigenvalue weighted by atomic mass is 35.5. The lowest BCUT2D eigenvalue weighted by Gasteiger charge is -2.23. The van der Waals surface area contributed by atoms with E-state index in [0.717, 1.165) is 22.8 Å². The van der Waals surface area contributed by atoms with Crippen LogP contribution in [0.5, 0.6) is 0 Å². The van der Waals surface area contributed by atoms with Gasteiger partial charge in [-0.15, -0.1) is 11.3 Å². The van der Waals surface area contributed by atoms with E-state index in [-0.39, 0.29) is 11.8 Å². The molecule has 1 aromatic carbocycles. The second-order valence-electron chi connectivity index (χ2n) is 5.56. The quantitative estimate of drug-likeness (QED) is 0.751. The molecule has 0 spiro atoms. The molecule has 1 amide bonds. The molecule has 4 nitrogen and oxygen atoms in total. The summed E-state index contributed by atoms with van der Waals surface area (Å²) >= 11 is 7.64. The highest BCUT2D eigenvalue weighted by Gasteiger charge is 2.33. The molecule has 0 radical (unpaired) electrons. The maximum Gasteiger partial charge on any atom is 0.226 e. The first-order valence-electron chi connectivity index (χ1n) is 7.32. The minimum absolute atomic E-state index is 0.0195. The Hall–Kier alpha value is -2.11. The number of nitrogens with zero attached hydrogens (tertiary/aromatic N) is 2. The van der Waals surface area contributed by atoms with Crippen LogP contribution in [0, 0.1) is 6.92 Å². The third-order valence-corrected chi connectivity index (χ3v) is 5.30. The molecule has 3 aromatic rings. The summed E-state index contributed by atoms with van der Waals surface area (Å²) in [6, 6.07) is 11.5. The molecule has 0 saturated heterocycles. The van der Waals surface area contributed by atoms with Crippen LogP contribution in [0.15, 0.2) is 41.8 Å². The smallest absolute Gasteiger partial charge is 0.226 e. The van der Waals surface area contributed by atoms with Gasteiger partial charge in [-0.2, -0.15) is 5.10 Å². The van der Waals surface area contributed by atoms with E-state index < -0.39 is 0 Å². The number of rotatable bonds is 2. The van der Waals surface area contributed by atoms with Crippen molar-refractivity contribution in [3.05, 3.63) is 62.9 Å². The molecule has 1 aliphatic rings. The van der Waals surface area contributed by atoms with Gasteiger partial charge in [0, 0.05) is 27.8 Å². The number of carbonyl (C=O) groups excluding carboxylic acids is 1. The van der Waals surface area contributed by atoms with Gasteiger partial charge in [0.05, 0.1) is 11.4 Å². The zero-order valence-electron chi connectivity index (χ0n) is 12.4. The number of hydrogen-bond acceptors (Lipinski definition) is 3. The van der Waals surface area contributed by atoms with Crippen LogP contribution < -0.4 is 5.32 Å². The number of hydrogen-bond donors (Lipinski definition) is 1. The zero-order valence-corrected chi connectivity index (χ0v) is 14.0. The lowest BCUT2D eigenvalue weighted by molar-refractivity contribution is -0.116. The van der Waals surface area contributed by atoms with Crippen molar-refractivity contribution in [3.8, 4) is 5.69 Å². The van der Waals surface area contributed by atoms with Gasteiger partial charge in [-0.3, -0.25) is 4.79 Å². The predicted octanol–water partition coefficient (Wildman–Crippen LogP) is 4.37. The molecule has 23 heavy (non-hydrogen) atoms. The number of thiophene rings is 1. The third-order valence-electron chi connectivity index (χ3n) is 4.06. The average molecular weight is 344 g/mol. The predicted molar refractivity (Wildman–Crippen MR) is 92.7 cm³/mol. The Morgan fingerprint density at radius 1 is 1.30 bits per heavy atom. The van der Waals surface area contributed by atoms with Gasteiger partial charge in [0.25, 0.3) is 0 Å². The molecule has 116 valence electrons. The lowest BCUT2D eigenvalue weighted by Crippen LogP contribution is -2.24. The molecule has 3 heterocycles. The van der Waals surface area contributed by atoms with Crippen LogP contribution in [-0.2, 0) is 4.79 Å². The van der Waals surface area contributed by atoms with Crippen molar-refractivity contribution in [1.29, 1.82) is 0 Å². The van der Waals surface area contributed by atoms with Crippen LogP contribution in [0.4, 0.5) is 5.82 Å². The van der Waals surface area contributed by atoms with Gasteiger partial charge in [0.15, 0.2) is 0 Å². The summed E-state index contributed by atoms with van der Waals surface area (Å²) in [6.45, 7) is 1.99. The molecular formula is C17H14ClN3OS. The Labute approximate surface area is 142 Å². The third kappa shape index (κ3) is 2.46. The van der Waals surface area contributed by atoms with Gasteiger partial charge in [-0.25, -0.2) is 4.68 Å². The van der Waals surface area contributed by atoms with Crippen molar-refractivity contribution >= 4 is 34.7 Å². The molecule has 1 atom stereocenters. The summed E-state index contributed by atoms with van der Waals surface area (Å²) in [6.07, 6.45) is 0.459. The standard InChI is InChI=1S/C17H14ClN3OS/c1-10-16-13(14-3-2-8-23-14)9-15(22)19-17(16)21(20-10)12-6-4-11(18)5-7-12/h2-8,13H,9H2,1H3,(H,19,22)/t13-/m1/s1. The fraction of sp³-hybridized carbons (Fsp3) is 0.176. The fourth-order valence-corrected chi connectivity index (χ4v) is 4.01. The molecule has 6 heteroatoms. The topological polar surface area (TPSA) is 46.9 Å². The summed E-state index contributed by atoms with van der Waals surface area (Å²) in [5.41, 5.74) is 2.92. The molecule has 0 fully saturated rings. The van der Waals surface area contributed by atoms with Crippen molar-refractivity contribution in [2.75, 3.05) is 5.32 Å². The van der Waals surface area contributed by atoms with Crippen molar-refractivity contribution in [2.24, 2.45) is 0 Å². The van der Waals surface area contributed by atoms with E-state index in [1.54, 1.807) is 16.0 Å². The highest BCUT2D eigenvalue weighted by Crippen LogP contribution is 2.41. The maximum atomic E-state index is 12.2. The van der Waals surface area contributed by atoms with Crippen molar-refractivity contribution < 1.29 is 4.79 Å². The SMILES string of the molecule is Cc1nn(-c2ccc(Cl)cc2)c2c1[C@@H](c1cccs1)CC(=O)N2. The monoisotopic (exact) mass is 343 g/mol. The maximum absolute atomic E-state index is 12.2. The summed E-state index contributed by atoms with van der Waals surface area (Å²) in [4.78, 5) is 13.4. The molecule has 4 rings (SSSR count). The first-order chi connectivity index (χ1) is 11.1. The Morgan fingerprint density at radius 2 is 2.09 bits per heavy atom. The summed E-state index contributed by atoms with van der Waals surface area (Å²) < 4.78 is 1.79. The minimum Gasteiger partial charge on any atom is -0.310 e. The number of aromatic nitrogens is 2. The molecule has 1 N–H and O–H groups in total. The summed E-state index contributed by atoms with van der Waals surface area (Å²) in [5.74, 6) is 0.852. The van der Waals surface area contributed by atoms with Crippen LogP contribution in [0.3, 0.4) is 0 Å². The molecule has 0 saturated carbocycles. The van der Waals surface area contributed by atoms with Crippen LogP contribution in [-0.4, -0.2) is 15.7 Å². The zero-order chi connectivity index (χ0) is 16.0. The lowest BCUT2D eigenvalue weighted by atomic mass is 9.91. The van der Waals surface area contributed by atoms with Crippen molar-refractivity contribution in [1.82, 2.24) is 9.78 Å². The van der Waals surface area contributed by atoms with Gasteiger partial charge in [0.2, 0.25) is 5.91 Å². The van der Waals surface area contributed by atoms with E-state index in [1.165, 1.54) is 4.88 Å². The van der Waals surface area contributed by atoms with E-state index in [9.17, 15) is 4.79 Å². The average Bonchev–Trinajstić information content (AvgIpc) is 3.16. The largest absolute Gasteiger partial charge is 0.310 e. The number of benzene rings is 1. The van der Waals surface area contributed by atoms with Gasteiger partial charge in [-0.05, 0) is 42.6 Å². The van der Waals surface area contributed by atoms with E-state index >= 15 is 0 Å². The van der Waals surface area contributed by atoms with Crippen LogP contribution >= 0.6 is 22.9 Å². The molecular weight excluding hydrogens is 330 g/mol. The molecule has 1 aliphatic heterocycles. The Balaban J connectivity index is 1.88. The number of halogens is 1. The molecule has 2 aromatic heterocycles. The molecule has 0 aliphatic carbocycles. The number of amides is 1. The van der Waals surface area contributed by atoms with Gasteiger partial charge in [0.1, 0.15) is 5.82 Å². The van der Waals surface area contributed by atoms with Gasteiger partial charge < -0.3 is 5.32 Å². The first-order valence-corrected chi connectivity index (χ1v) is 8.58. The van der Waals surface area contributed by atoms with Gasteiger partial charge >= 0.3 is 0 Å². The van der Waals surface area contributed by atoms with Crippen LogP contribution in [0.1, 0.15) is 28.5 Å². The minimum atomic E-state index is 0.0195. The molecule has 0 bridgehead atoms. The van der Waals surface area contributed by atoms with E-state index in [1.807, 2.05) is 42.6 Å². The summed E-state index contributed by atoms with van der Waals surface area (Å²) in [5, 5.41) is 10.4. The summed E-state index contributed by atoms with van der Waals surface area (Å²) in [7, 11) is 0. The fourth-order valence-electron chi connectivity index (χ4n) is 3.05. The van der Waals surface area contributed by atoms with E-state index in [0.29, 0.717) is 11.4 Å².